The molecule has 0 amide bonds. The highest BCUT2D eigenvalue weighted by molar-refractivity contribution is 5.85. The molecule has 0 fully saturated rings. The first-order valence-electron chi connectivity index (χ1n) is 4.73. The average molecular weight is 217 g/mol. The number of nitrogen functional groups attached to an aromatic ring is 1. The molecule has 0 bridgehead atoms. The van der Waals surface area contributed by atoms with Gasteiger partial charge in [0.25, 0.3) is 0 Å². The lowest BCUT2D eigenvalue weighted by Gasteiger charge is -1.88. The van der Waals surface area contributed by atoms with E-state index in [1.165, 1.54) is 12.1 Å². The zero-order valence-corrected chi connectivity index (χ0v) is 8.20. The van der Waals surface area contributed by atoms with Gasteiger partial charge in [0.15, 0.2) is 0 Å². The summed E-state index contributed by atoms with van der Waals surface area (Å²) in [6, 6.07) is 8.03. The normalized spacial score (nSPS) is 11.1. The van der Waals surface area contributed by atoms with Gasteiger partial charge in [-0.15, -0.1) is 0 Å². The van der Waals surface area contributed by atoms with Gasteiger partial charge in [0.1, 0.15) is 11.5 Å². The molecular formula is C11H8FN3O. The molecule has 3 N–H and O–H groups in total. The minimum absolute atomic E-state index is 0.250. The van der Waals surface area contributed by atoms with Gasteiger partial charge in [-0.1, -0.05) is 5.16 Å². The van der Waals surface area contributed by atoms with Crippen molar-refractivity contribution in [2.45, 2.75) is 0 Å². The number of anilines is 1. The summed E-state index contributed by atoms with van der Waals surface area (Å²) in [5.74, 6) is -0.0274. The zero-order valence-electron chi connectivity index (χ0n) is 8.20. The Bertz CT molecular complexity index is 656. The largest absolute Gasteiger partial charge is 0.368 e. The molecule has 0 spiro atoms. The van der Waals surface area contributed by atoms with Crippen molar-refractivity contribution in [3.05, 3.63) is 36.1 Å². The lowest BCUT2D eigenvalue weighted by Crippen LogP contribution is -1.77. The molecule has 0 aliphatic rings. The number of hydrogen-bond acceptors (Lipinski definition) is 3. The summed E-state index contributed by atoms with van der Waals surface area (Å²) in [6.45, 7) is 0. The fraction of sp³-hybridized carbons (Fsp3) is 0. The average Bonchev–Trinajstić information content (AvgIpc) is 2.83. The molecule has 1 aromatic carbocycles. The van der Waals surface area contributed by atoms with E-state index in [0.717, 1.165) is 16.6 Å². The van der Waals surface area contributed by atoms with Crippen molar-refractivity contribution in [2.24, 2.45) is 0 Å². The van der Waals surface area contributed by atoms with E-state index < -0.39 is 0 Å². The quantitative estimate of drug-likeness (QED) is 0.658. The molecule has 80 valence electrons. The number of nitrogens with one attached hydrogen (secondary N) is 1. The van der Waals surface area contributed by atoms with Crippen LogP contribution in [0.2, 0.25) is 0 Å². The highest BCUT2D eigenvalue weighted by Crippen LogP contribution is 2.24. The molecule has 0 saturated heterocycles. The maximum atomic E-state index is 13.0. The Morgan fingerprint density at radius 3 is 2.88 bits per heavy atom. The Labute approximate surface area is 89.9 Å². The monoisotopic (exact) mass is 217 g/mol. The van der Waals surface area contributed by atoms with Crippen molar-refractivity contribution in [3.8, 4) is 11.4 Å². The summed E-state index contributed by atoms with van der Waals surface area (Å²) in [6.07, 6.45) is 0. The number of benzene rings is 1. The van der Waals surface area contributed by atoms with Crippen molar-refractivity contribution in [1.29, 1.82) is 0 Å². The molecule has 0 unspecified atom stereocenters. The van der Waals surface area contributed by atoms with Gasteiger partial charge < -0.3 is 15.2 Å². The van der Waals surface area contributed by atoms with Crippen LogP contribution in [0.15, 0.2) is 34.9 Å². The minimum Gasteiger partial charge on any atom is -0.368 e. The van der Waals surface area contributed by atoms with Crippen LogP contribution in [0.4, 0.5) is 10.3 Å². The lowest BCUT2D eigenvalue weighted by atomic mass is 10.2. The van der Waals surface area contributed by atoms with E-state index in [1.807, 2.05) is 6.07 Å². The Kier molecular flexibility index (Phi) is 1.73. The Balaban J connectivity index is 2.18. The number of hydrogen-bond donors (Lipinski definition) is 2. The van der Waals surface area contributed by atoms with E-state index in [2.05, 4.69) is 10.1 Å². The number of aromatic nitrogens is 2. The van der Waals surface area contributed by atoms with Crippen LogP contribution in [0.5, 0.6) is 0 Å². The predicted molar refractivity (Wildman–Crippen MR) is 58.2 cm³/mol. The summed E-state index contributed by atoms with van der Waals surface area (Å²) in [5.41, 5.74) is 7.51. The second-order valence-electron chi connectivity index (χ2n) is 3.53. The standard InChI is InChI=1S/C11H8FN3O/c12-7-2-1-6-3-9(14-8(6)4-7)10-5-11(13)16-15-10/h1-5,14H,13H2. The topological polar surface area (TPSA) is 67.8 Å². The molecule has 4 nitrogen and oxygen atoms in total. The minimum atomic E-state index is -0.277. The van der Waals surface area contributed by atoms with Crippen molar-refractivity contribution < 1.29 is 8.91 Å². The van der Waals surface area contributed by atoms with Crippen LogP contribution in [-0.2, 0) is 0 Å². The van der Waals surface area contributed by atoms with Crippen LogP contribution >= 0.6 is 0 Å². The SMILES string of the molecule is Nc1cc(-c2cc3ccc(F)cc3[nH]2)no1. The van der Waals surface area contributed by atoms with Gasteiger partial charge in [0, 0.05) is 17.0 Å². The van der Waals surface area contributed by atoms with Crippen molar-refractivity contribution in [2.75, 3.05) is 5.73 Å². The van der Waals surface area contributed by atoms with Gasteiger partial charge >= 0.3 is 0 Å². The van der Waals surface area contributed by atoms with E-state index in [0.29, 0.717) is 5.69 Å². The van der Waals surface area contributed by atoms with E-state index in [1.54, 1.807) is 12.1 Å². The maximum Gasteiger partial charge on any atom is 0.222 e. The van der Waals surface area contributed by atoms with Gasteiger partial charge in [0.2, 0.25) is 5.88 Å². The molecule has 0 aliphatic carbocycles. The number of rotatable bonds is 1. The molecule has 16 heavy (non-hydrogen) atoms. The van der Waals surface area contributed by atoms with Crippen molar-refractivity contribution in [3.63, 3.8) is 0 Å². The van der Waals surface area contributed by atoms with Crippen LogP contribution in [0.1, 0.15) is 0 Å². The molecule has 3 rings (SSSR count). The van der Waals surface area contributed by atoms with E-state index in [4.69, 9.17) is 10.3 Å². The smallest absolute Gasteiger partial charge is 0.222 e. The second-order valence-corrected chi connectivity index (χ2v) is 3.53. The van der Waals surface area contributed by atoms with Gasteiger partial charge in [-0.2, -0.15) is 0 Å². The molecule has 5 heteroatoms. The zero-order chi connectivity index (χ0) is 11.1. The summed E-state index contributed by atoms with van der Waals surface area (Å²) in [7, 11) is 0. The van der Waals surface area contributed by atoms with Crippen LogP contribution < -0.4 is 5.73 Å². The van der Waals surface area contributed by atoms with Crippen LogP contribution in [0.25, 0.3) is 22.3 Å². The number of nitrogens with zero attached hydrogens (tertiary/aromatic N) is 1. The third-order valence-corrected chi connectivity index (χ3v) is 2.39. The molecule has 0 atom stereocenters. The molecule has 0 aliphatic heterocycles. The maximum absolute atomic E-state index is 13.0. The highest BCUT2D eigenvalue weighted by atomic mass is 19.1. The van der Waals surface area contributed by atoms with E-state index in [9.17, 15) is 4.39 Å². The lowest BCUT2D eigenvalue weighted by molar-refractivity contribution is 0.439. The van der Waals surface area contributed by atoms with Crippen LogP contribution in [0.3, 0.4) is 0 Å². The van der Waals surface area contributed by atoms with Gasteiger partial charge in [-0.05, 0) is 24.3 Å². The van der Waals surface area contributed by atoms with E-state index >= 15 is 0 Å². The van der Waals surface area contributed by atoms with Gasteiger partial charge in [-0.3, -0.25) is 0 Å². The van der Waals surface area contributed by atoms with Gasteiger partial charge in [0.05, 0.1) is 5.69 Å². The van der Waals surface area contributed by atoms with Crippen molar-refractivity contribution >= 4 is 16.8 Å². The molecule has 2 aromatic heterocycles. The fourth-order valence-corrected chi connectivity index (χ4v) is 1.65. The first-order valence-corrected chi connectivity index (χ1v) is 4.73. The summed E-state index contributed by atoms with van der Waals surface area (Å²) >= 11 is 0. The number of fused-ring (bicyclic) bond motifs is 1. The Morgan fingerprint density at radius 1 is 1.25 bits per heavy atom. The number of halogens is 1. The third-order valence-electron chi connectivity index (χ3n) is 2.39. The Morgan fingerprint density at radius 2 is 2.12 bits per heavy atom. The Hall–Kier alpha value is -2.30. The molecule has 0 saturated carbocycles. The van der Waals surface area contributed by atoms with Gasteiger partial charge in [-0.25, -0.2) is 4.39 Å². The summed E-state index contributed by atoms with van der Waals surface area (Å²) < 4.78 is 17.8. The number of H-pyrrole nitrogens is 1. The third kappa shape index (κ3) is 1.33. The van der Waals surface area contributed by atoms with Crippen LogP contribution in [0, 0.1) is 5.82 Å². The second kappa shape index (κ2) is 3.10. The fourth-order valence-electron chi connectivity index (χ4n) is 1.65. The molecule has 3 aromatic rings. The molecule has 2 heterocycles. The van der Waals surface area contributed by atoms with Crippen LogP contribution in [-0.4, -0.2) is 10.1 Å². The number of nitrogens with two attached hydrogens (primary N) is 1. The number of aromatic amines is 1. The van der Waals surface area contributed by atoms with Crippen molar-refractivity contribution in [1.82, 2.24) is 10.1 Å². The predicted octanol–water partition coefficient (Wildman–Crippen LogP) is 2.54. The summed E-state index contributed by atoms with van der Waals surface area (Å²) in [5, 5.41) is 4.69. The molecule has 0 radical (unpaired) electrons. The first-order chi connectivity index (χ1) is 7.72. The first kappa shape index (κ1) is 8.96. The molecular weight excluding hydrogens is 209 g/mol. The van der Waals surface area contributed by atoms with E-state index in [-0.39, 0.29) is 11.7 Å². The summed E-state index contributed by atoms with van der Waals surface area (Å²) in [4.78, 5) is 3.05. The highest BCUT2D eigenvalue weighted by Gasteiger charge is 2.08.